The van der Waals surface area contributed by atoms with Crippen LogP contribution >= 0.6 is 11.6 Å². The topological polar surface area (TPSA) is 44.7 Å². The lowest BCUT2D eigenvalue weighted by Gasteiger charge is -2.18. The van der Waals surface area contributed by atoms with E-state index in [-0.39, 0.29) is 10.6 Å². The Morgan fingerprint density at radius 1 is 1.30 bits per heavy atom. The van der Waals surface area contributed by atoms with Crippen molar-refractivity contribution >= 4 is 29.2 Å². The second kappa shape index (κ2) is 6.24. The fourth-order valence-corrected chi connectivity index (χ4v) is 1.85. The van der Waals surface area contributed by atoms with E-state index < -0.39 is 28.2 Å². The Morgan fingerprint density at radius 3 is 2.40 bits per heavy atom. The zero-order valence-electron chi connectivity index (χ0n) is 11.0. The maximum absolute atomic E-state index is 12.3. The number of halogens is 4. The Bertz CT molecular complexity index is 500. The molecule has 1 aromatic carbocycles. The molecule has 3 nitrogen and oxygen atoms in total. The lowest BCUT2D eigenvalue weighted by Crippen LogP contribution is -2.26. The predicted molar refractivity (Wildman–Crippen MR) is 73.6 cm³/mol. The summed E-state index contributed by atoms with van der Waals surface area (Å²) in [5, 5.41) is 0.0291. The summed E-state index contributed by atoms with van der Waals surface area (Å²) in [5.41, 5.74) is -0.0657. The van der Waals surface area contributed by atoms with Gasteiger partial charge in [0.15, 0.2) is 0 Å². The third kappa shape index (κ3) is 5.22. The van der Waals surface area contributed by atoms with Crippen LogP contribution in [0.25, 0.3) is 0 Å². The summed E-state index contributed by atoms with van der Waals surface area (Å²) >= 11 is 4.21. The molecule has 0 saturated carbocycles. The normalized spacial score (nSPS) is 14.6. The van der Waals surface area contributed by atoms with Crippen molar-refractivity contribution in [1.29, 1.82) is 0 Å². The van der Waals surface area contributed by atoms with Crippen LogP contribution in [0.5, 0.6) is 5.75 Å². The molecule has 0 aliphatic rings. The number of nitrogens with zero attached hydrogens (tertiary/aromatic N) is 1. The molecule has 0 aliphatic heterocycles. The van der Waals surface area contributed by atoms with E-state index in [0.29, 0.717) is 0 Å². The summed E-state index contributed by atoms with van der Waals surface area (Å²) in [6, 6.07) is 3.83. The van der Waals surface area contributed by atoms with Crippen molar-refractivity contribution in [2.45, 2.75) is 31.9 Å². The highest BCUT2D eigenvalue weighted by Crippen LogP contribution is 2.30. The molecule has 8 heteroatoms. The van der Waals surface area contributed by atoms with E-state index in [0.717, 1.165) is 12.3 Å². The fourth-order valence-electron chi connectivity index (χ4n) is 1.11. The van der Waals surface area contributed by atoms with E-state index in [4.69, 9.17) is 11.6 Å². The first-order valence-corrected chi connectivity index (χ1v) is 6.99. The maximum atomic E-state index is 12.3. The van der Waals surface area contributed by atoms with Gasteiger partial charge in [-0.05, 0) is 32.9 Å². The highest BCUT2D eigenvalue weighted by atomic mass is 35.5. The minimum absolute atomic E-state index is 0.0291. The molecular formula is C12H13ClF3NO2S. The smallest absolute Gasteiger partial charge is 0.573 e. The Kier molecular flexibility index (Phi) is 5.34. The van der Waals surface area contributed by atoms with Gasteiger partial charge in [-0.15, -0.1) is 13.2 Å². The van der Waals surface area contributed by atoms with Gasteiger partial charge in [-0.1, -0.05) is 22.1 Å². The van der Waals surface area contributed by atoms with Crippen LogP contribution in [0.3, 0.4) is 0 Å². The molecule has 0 N–H and O–H groups in total. The second-order valence-electron chi connectivity index (χ2n) is 4.80. The Labute approximate surface area is 123 Å². The quantitative estimate of drug-likeness (QED) is 0.619. The van der Waals surface area contributed by atoms with E-state index in [1.807, 2.05) is 0 Å². The lowest BCUT2D eigenvalue weighted by molar-refractivity contribution is -0.274. The summed E-state index contributed by atoms with van der Waals surface area (Å²) < 4.78 is 55.5. The van der Waals surface area contributed by atoms with Gasteiger partial charge in [-0.25, -0.2) is 0 Å². The second-order valence-corrected chi connectivity index (χ2v) is 7.14. The molecule has 0 radical (unpaired) electrons. The van der Waals surface area contributed by atoms with Crippen LogP contribution in [0.15, 0.2) is 22.6 Å². The third-order valence-electron chi connectivity index (χ3n) is 2.04. The lowest BCUT2D eigenvalue weighted by atomic mass is 10.2. The van der Waals surface area contributed by atoms with Gasteiger partial charge in [0, 0.05) is 0 Å². The van der Waals surface area contributed by atoms with Gasteiger partial charge >= 0.3 is 6.36 Å². The highest BCUT2D eigenvalue weighted by Gasteiger charge is 2.32. The first-order chi connectivity index (χ1) is 9.00. The van der Waals surface area contributed by atoms with Gasteiger partial charge in [-0.3, -0.25) is 0 Å². The predicted octanol–water partition coefficient (Wildman–Crippen LogP) is 4.12. The number of ether oxygens (including phenoxy) is 1. The Hall–Kier alpha value is -0.920. The van der Waals surface area contributed by atoms with Crippen LogP contribution in [-0.4, -0.2) is 21.9 Å². The molecule has 0 aliphatic carbocycles. The van der Waals surface area contributed by atoms with Gasteiger partial charge < -0.3 is 9.29 Å². The number of rotatable bonds is 3. The molecule has 0 unspecified atom stereocenters. The van der Waals surface area contributed by atoms with E-state index in [1.54, 1.807) is 20.8 Å². The van der Waals surface area contributed by atoms with Crippen LogP contribution < -0.4 is 4.74 Å². The largest absolute Gasteiger partial charge is 0.591 e. The van der Waals surface area contributed by atoms with E-state index in [9.17, 15) is 17.7 Å². The molecule has 0 spiro atoms. The van der Waals surface area contributed by atoms with Crippen LogP contribution in [0, 0.1) is 0 Å². The first kappa shape index (κ1) is 17.1. The molecule has 0 aromatic heterocycles. The van der Waals surface area contributed by atoms with Crippen molar-refractivity contribution in [3.8, 4) is 5.75 Å². The standard InChI is InChI=1S/C12H13ClF3NO2S/c1-11(2,3)20(18)17-7-8-9(13)5-4-6-10(8)19-12(14,15)16/h4-7H,1-3H3/t20-/m0/s1. The molecule has 0 fully saturated rings. The van der Waals surface area contributed by atoms with Gasteiger partial charge in [0.1, 0.15) is 21.9 Å². The SMILES string of the molecule is CC(C)(C)[S@+]([O-])N=Cc1c(Cl)cccc1OC(F)(F)F. The molecule has 0 amide bonds. The maximum Gasteiger partial charge on any atom is 0.573 e. The van der Waals surface area contributed by atoms with Gasteiger partial charge in [0.05, 0.1) is 16.8 Å². The number of benzene rings is 1. The minimum Gasteiger partial charge on any atom is -0.591 e. The average Bonchev–Trinajstić information content (AvgIpc) is 2.24. The monoisotopic (exact) mass is 327 g/mol. The number of alkyl halides is 3. The summed E-state index contributed by atoms with van der Waals surface area (Å²) in [7, 11) is 0. The van der Waals surface area contributed by atoms with Crippen molar-refractivity contribution in [3.63, 3.8) is 0 Å². The third-order valence-corrected chi connectivity index (χ3v) is 3.71. The molecule has 20 heavy (non-hydrogen) atoms. The molecule has 1 atom stereocenters. The van der Waals surface area contributed by atoms with Gasteiger partial charge in [-0.2, -0.15) is 0 Å². The fraction of sp³-hybridized carbons (Fsp3) is 0.417. The van der Waals surface area contributed by atoms with Crippen molar-refractivity contribution < 1.29 is 22.5 Å². The zero-order chi connectivity index (χ0) is 15.6. The summed E-state index contributed by atoms with van der Waals surface area (Å²) in [6.45, 7) is 5.08. The molecule has 0 heterocycles. The number of hydrogen-bond acceptors (Lipinski definition) is 3. The van der Waals surface area contributed by atoms with E-state index >= 15 is 0 Å². The Balaban J connectivity index is 3.08. The highest BCUT2D eigenvalue weighted by molar-refractivity contribution is 7.91. The van der Waals surface area contributed by atoms with E-state index in [1.165, 1.54) is 12.1 Å². The molecule has 0 saturated heterocycles. The van der Waals surface area contributed by atoms with Crippen molar-refractivity contribution in [2.24, 2.45) is 4.40 Å². The van der Waals surface area contributed by atoms with Crippen molar-refractivity contribution in [3.05, 3.63) is 28.8 Å². The molecule has 1 aromatic rings. The van der Waals surface area contributed by atoms with Crippen LogP contribution in [0.1, 0.15) is 26.3 Å². The average molecular weight is 328 g/mol. The first-order valence-electron chi connectivity index (χ1n) is 5.51. The van der Waals surface area contributed by atoms with Crippen molar-refractivity contribution in [1.82, 2.24) is 0 Å². The summed E-state index contributed by atoms with van der Waals surface area (Å²) in [4.78, 5) is 0. The zero-order valence-corrected chi connectivity index (χ0v) is 12.6. The van der Waals surface area contributed by atoms with E-state index in [2.05, 4.69) is 9.13 Å². The molecule has 1 rings (SSSR count). The molecule has 0 bridgehead atoms. The minimum atomic E-state index is -4.84. The summed E-state index contributed by atoms with van der Waals surface area (Å²) in [5.74, 6) is -0.486. The summed E-state index contributed by atoms with van der Waals surface area (Å²) in [6.07, 6.45) is -3.80. The van der Waals surface area contributed by atoms with Crippen LogP contribution in [0.4, 0.5) is 13.2 Å². The van der Waals surface area contributed by atoms with Gasteiger partial charge in [0.2, 0.25) is 0 Å². The van der Waals surface area contributed by atoms with Gasteiger partial charge in [0.25, 0.3) is 0 Å². The number of hydrogen-bond donors (Lipinski definition) is 0. The molecular weight excluding hydrogens is 315 g/mol. The Morgan fingerprint density at radius 2 is 1.90 bits per heavy atom. The van der Waals surface area contributed by atoms with Crippen LogP contribution in [0.2, 0.25) is 5.02 Å². The van der Waals surface area contributed by atoms with Crippen LogP contribution in [-0.2, 0) is 11.4 Å². The molecule has 112 valence electrons. The van der Waals surface area contributed by atoms with Crippen molar-refractivity contribution in [2.75, 3.05) is 0 Å².